The summed E-state index contributed by atoms with van der Waals surface area (Å²) in [5.41, 5.74) is 3.17. The molecule has 2 fully saturated rings. The lowest BCUT2D eigenvalue weighted by Gasteiger charge is -2.34. The smallest absolute Gasteiger partial charge is 0.410 e. The number of nitrogens with one attached hydrogen (secondary N) is 1. The van der Waals surface area contributed by atoms with Gasteiger partial charge in [-0.05, 0) is 70.4 Å². The Morgan fingerprint density at radius 1 is 1.30 bits per heavy atom. The number of likely N-dealkylation sites (tertiary alicyclic amines) is 1. The number of ether oxygens (including phenoxy) is 1. The molecule has 1 saturated carbocycles. The molecule has 2 aliphatic rings. The molecule has 1 saturated heterocycles. The molecular formula is C23H33N5O2. The number of nitrogens with zero attached hydrogens (tertiary/aromatic N) is 4. The number of carbonyl (C=O) groups is 1. The van der Waals surface area contributed by atoms with E-state index in [-0.39, 0.29) is 6.09 Å². The second-order valence-corrected chi connectivity index (χ2v) is 9.85. The average Bonchev–Trinajstić information content (AvgIpc) is 3.23. The summed E-state index contributed by atoms with van der Waals surface area (Å²) in [5.74, 6) is 1.56. The Bertz CT molecular complexity index is 905. The van der Waals surface area contributed by atoms with Crippen LogP contribution in [0, 0.1) is 18.3 Å². The summed E-state index contributed by atoms with van der Waals surface area (Å²) >= 11 is 0. The third-order valence-electron chi connectivity index (χ3n) is 6.39. The third kappa shape index (κ3) is 4.45. The van der Waals surface area contributed by atoms with Gasteiger partial charge >= 0.3 is 6.09 Å². The molecule has 1 aliphatic heterocycles. The predicted octanol–water partition coefficient (Wildman–Crippen LogP) is 4.24. The van der Waals surface area contributed by atoms with E-state index in [0.29, 0.717) is 11.3 Å². The van der Waals surface area contributed by atoms with Crippen LogP contribution in [0.5, 0.6) is 0 Å². The summed E-state index contributed by atoms with van der Waals surface area (Å²) < 4.78 is 7.34. The molecule has 1 N–H and O–H groups in total. The van der Waals surface area contributed by atoms with Crippen LogP contribution in [0.3, 0.4) is 0 Å². The average molecular weight is 412 g/mol. The minimum absolute atomic E-state index is 0.180. The minimum Gasteiger partial charge on any atom is -0.444 e. The van der Waals surface area contributed by atoms with Crippen molar-refractivity contribution in [3.8, 4) is 11.1 Å². The Morgan fingerprint density at radius 2 is 2.03 bits per heavy atom. The van der Waals surface area contributed by atoms with Gasteiger partial charge in [-0.3, -0.25) is 4.68 Å². The summed E-state index contributed by atoms with van der Waals surface area (Å²) in [6.07, 6.45) is 7.11. The van der Waals surface area contributed by atoms with E-state index in [1.165, 1.54) is 6.42 Å². The van der Waals surface area contributed by atoms with E-state index in [2.05, 4.69) is 21.5 Å². The van der Waals surface area contributed by atoms with Crippen LogP contribution < -0.4 is 5.32 Å². The number of amides is 1. The Labute approximate surface area is 178 Å². The van der Waals surface area contributed by atoms with Gasteiger partial charge in [0.2, 0.25) is 0 Å². The van der Waals surface area contributed by atoms with Gasteiger partial charge in [-0.15, -0.1) is 0 Å². The van der Waals surface area contributed by atoms with E-state index in [4.69, 9.17) is 4.74 Å². The highest BCUT2D eigenvalue weighted by molar-refractivity contribution is 5.68. The highest BCUT2D eigenvalue weighted by atomic mass is 16.6. The molecular weight excluding hydrogens is 378 g/mol. The fourth-order valence-corrected chi connectivity index (χ4v) is 4.56. The SMILES string of the molecule is Cc1nn(C)cc1-c1ccc(NCC2CC23CCN(C(=O)OC(C)(C)C)CC3)nc1. The van der Waals surface area contributed by atoms with Crippen LogP contribution in [0.2, 0.25) is 0 Å². The summed E-state index contributed by atoms with van der Waals surface area (Å²) in [6, 6.07) is 4.14. The van der Waals surface area contributed by atoms with Crippen LogP contribution in [-0.2, 0) is 11.8 Å². The van der Waals surface area contributed by atoms with Gasteiger partial charge in [0.25, 0.3) is 0 Å². The minimum atomic E-state index is -0.434. The first-order valence-electron chi connectivity index (χ1n) is 10.8. The fourth-order valence-electron chi connectivity index (χ4n) is 4.56. The van der Waals surface area contributed by atoms with E-state index in [1.54, 1.807) is 0 Å². The zero-order valence-corrected chi connectivity index (χ0v) is 18.7. The summed E-state index contributed by atoms with van der Waals surface area (Å²) in [5, 5.41) is 7.90. The van der Waals surface area contributed by atoms with Gasteiger partial charge in [-0.2, -0.15) is 5.10 Å². The number of anilines is 1. The molecule has 7 heteroatoms. The summed E-state index contributed by atoms with van der Waals surface area (Å²) in [6.45, 7) is 10.3. The van der Waals surface area contributed by atoms with E-state index in [1.807, 2.05) is 62.8 Å². The van der Waals surface area contributed by atoms with Crippen molar-refractivity contribution in [2.24, 2.45) is 18.4 Å². The molecule has 7 nitrogen and oxygen atoms in total. The van der Waals surface area contributed by atoms with E-state index in [9.17, 15) is 4.79 Å². The number of rotatable bonds is 4. The van der Waals surface area contributed by atoms with Crippen LogP contribution in [0.25, 0.3) is 11.1 Å². The standard InChI is InChI=1S/C23H33N5O2/c1-16-19(15-27(5)26-16)17-6-7-20(24-13-17)25-14-18-12-23(18)8-10-28(11-9-23)21(29)30-22(2,3)4/h6-7,13,15,18H,8-12,14H2,1-5H3,(H,24,25). The molecule has 0 aromatic carbocycles. The second-order valence-electron chi connectivity index (χ2n) is 9.85. The number of pyridine rings is 1. The van der Waals surface area contributed by atoms with Crippen molar-refractivity contribution < 1.29 is 9.53 Å². The molecule has 2 aromatic heterocycles. The Kier molecular flexibility index (Phi) is 5.24. The number of aromatic nitrogens is 3. The fraction of sp³-hybridized carbons (Fsp3) is 0.609. The zero-order valence-electron chi connectivity index (χ0n) is 18.7. The van der Waals surface area contributed by atoms with Crippen LogP contribution in [0.15, 0.2) is 24.5 Å². The number of aryl methyl sites for hydroxylation is 2. The second kappa shape index (κ2) is 7.60. The lowest BCUT2D eigenvalue weighted by molar-refractivity contribution is 0.0166. The molecule has 1 aliphatic carbocycles. The first kappa shape index (κ1) is 20.7. The van der Waals surface area contributed by atoms with Crippen LogP contribution in [0.1, 0.15) is 45.7 Å². The van der Waals surface area contributed by atoms with E-state index in [0.717, 1.165) is 55.1 Å². The van der Waals surface area contributed by atoms with E-state index >= 15 is 0 Å². The number of carbonyl (C=O) groups excluding carboxylic acids is 1. The zero-order chi connectivity index (χ0) is 21.5. The Morgan fingerprint density at radius 3 is 2.60 bits per heavy atom. The molecule has 1 atom stereocenters. The van der Waals surface area contributed by atoms with Crippen molar-refractivity contribution in [3.63, 3.8) is 0 Å². The molecule has 3 heterocycles. The maximum Gasteiger partial charge on any atom is 0.410 e. The van der Waals surface area contributed by atoms with E-state index < -0.39 is 5.60 Å². The van der Waals surface area contributed by atoms with Gasteiger partial charge in [0, 0.05) is 50.2 Å². The van der Waals surface area contributed by atoms with Gasteiger partial charge in [-0.1, -0.05) is 0 Å². The van der Waals surface area contributed by atoms with Crippen molar-refractivity contribution >= 4 is 11.9 Å². The van der Waals surface area contributed by atoms with Crippen LogP contribution in [-0.4, -0.2) is 51.0 Å². The highest BCUT2D eigenvalue weighted by Crippen LogP contribution is 2.59. The largest absolute Gasteiger partial charge is 0.444 e. The van der Waals surface area contributed by atoms with Crippen molar-refractivity contribution in [3.05, 3.63) is 30.2 Å². The summed E-state index contributed by atoms with van der Waals surface area (Å²) in [7, 11) is 1.93. The number of piperidine rings is 1. The first-order valence-corrected chi connectivity index (χ1v) is 10.8. The van der Waals surface area contributed by atoms with Gasteiger partial charge < -0.3 is 15.0 Å². The van der Waals surface area contributed by atoms with Crippen molar-refractivity contribution in [2.45, 2.75) is 52.6 Å². The molecule has 2 aromatic rings. The lowest BCUT2D eigenvalue weighted by Crippen LogP contribution is -2.42. The molecule has 30 heavy (non-hydrogen) atoms. The first-order chi connectivity index (χ1) is 14.2. The number of hydrogen-bond acceptors (Lipinski definition) is 5. The number of hydrogen-bond donors (Lipinski definition) is 1. The molecule has 0 radical (unpaired) electrons. The molecule has 1 unspecified atom stereocenters. The molecule has 1 spiro atoms. The Balaban J connectivity index is 1.26. The molecule has 4 rings (SSSR count). The Hall–Kier alpha value is -2.57. The maximum absolute atomic E-state index is 12.3. The third-order valence-corrected chi connectivity index (χ3v) is 6.39. The lowest BCUT2D eigenvalue weighted by atomic mass is 9.91. The maximum atomic E-state index is 12.3. The monoisotopic (exact) mass is 411 g/mol. The normalized spacial score (nSPS) is 20.3. The van der Waals surface area contributed by atoms with Crippen molar-refractivity contribution in [1.29, 1.82) is 0 Å². The summed E-state index contributed by atoms with van der Waals surface area (Å²) in [4.78, 5) is 18.7. The predicted molar refractivity (Wildman–Crippen MR) is 117 cm³/mol. The van der Waals surface area contributed by atoms with Crippen LogP contribution >= 0.6 is 0 Å². The van der Waals surface area contributed by atoms with Crippen LogP contribution in [0.4, 0.5) is 10.6 Å². The van der Waals surface area contributed by atoms with Gasteiger partial charge in [0.15, 0.2) is 0 Å². The van der Waals surface area contributed by atoms with Gasteiger partial charge in [-0.25, -0.2) is 9.78 Å². The highest BCUT2D eigenvalue weighted by Gasteiger charge is 2.54. The van der Waals surface area contributed by atoms with Crippen molar-refractivity contribution in [2.75, 3.05) is 25.0 Å². The quantitative estimate of drug-likeness (QED) is 0.815. The molecule has 0 bridgehead atoms. The van der Waals surface area contributed by atoms with Gasteiger partial charge in [0.1, 0.15) is 11.4 Å². The van der Waals surface area contributed by atoms with Gasteiger partial charge in [0.05, 0.1) is 5.69 Å². The molecule has 1 amide bonds. The molecule has 162 valence electrons. The van der Waals surface area contributed by atoms with Crippen molar-refractivity contribution in [1.82, 2.24) is 19.7 Å². The topological polar surface area (TPSA) is 72.3 Å².